The number of carbonyl (C=O) groups is 2. The molecule has 0 spiro atoms. The molecular formula is C70H82Cl2N4NaO12S2. The van der Waals surface area contributed by atoms with Gasteiger partial charge < -0.3 is 40.5 Å². The number of nitrogens with zero attached hydrogens (tertiary/aromatic N) is 3. The number of aliphatic hydroxyl groups is 3. The van der Waals surface area contributed by atoms with Gasteiger partial charge in [-0.25, -0.2) is 9.78 Å². The molecule has 1 aliphatic heterocycles. The van der Waals surface area contributed by atoms with Crippen LogP contribution in [0.15, 0.2) is 139 Å². The molecule has 3 heterocycles. The van der Waals surface area contributed by atoms with E-state index in [0.717, 1.165) is 101 Å². The molecule has 2 aromatic heterocycles. The second-order valence-electron chi connectivity index (χ2n) is 24.3. The Balaban J connectivity index is 0.000000226. The van der Waals surface area contributed by atoms with Gasteiger partial charge in [-0.3, -0.25) is 18.9 Å². The Morgan fingerprint density at radius 3 is 2.16 bits per heavy atom. The van der Waals surface area contributed by atoms with E-state index in [1.807, 2.05) is 120 Å². The molecule has 0 bridgehead atoms. The van der Waals surface area contributed by atoms with E-state index in [2.05, 4.69) is 66.0 Å². The van der Waals surface area contributed by atoms with Crippen LogP contribution in [0.4, 0.5) is 4.79 Å². The molecule has 1 saturated heterocycles. The van der Waals surface area contributed by atoms with Crippen LogP contribution in [0.1, 0.15) is 153 Å². The van der Waals surface area contributed by atoms with Crippen LogP contribution in [0.3, 0.4) is 0 Å². The molecule has 1 radical (unpaired) electrons. The summed E-state index contributed by atoms with van der Waals surface area (Å²) in [6, 6.07) is 41.6. The Morgan fingerprint density at radius 1 is 0.813 bits per heavy atom. The predicted octanol–water partition coefficient (Wildman–Crippen LogP) is 14.1. The minimum absolute atomic E-state index is 0. The minimum Gasteiger partial charge on any atom is -0.508 e. The van der Waals surface area contributed by atoms with E-state index < -0.39 is 28.1 Å². The van der Waals surface area contributed by atoms with Crippen LogP contribution in [0.2, 0.25) is 10.0 Å². The second-order valence-corrected chi connectivity index (χ2v) is 27.3. The average Bonchev–Trinajstić information content (AvgIpc) is 1.82. The number of rotatable bonds is 17. The molecule has 16 nitrogen and oxygen atoms in total. The summed E-state index contributed by atoms with van der Waals surface area (Å²) in [5.74, 6) is 0.170. The molecule has 10 rings (SSSR count). The summed E-state index contributed by atoms with van der Waals surface area (Å²) < 4.78 is 36.7. The number of likely N-dealkylation sites (tertiary alicyclic amines) is 1. The first-order valence-electron chi connectivity index (χ1n) is 30.0. The van der Waals surface area contributed by atoms with Gasteiger partial charge in [0, 0.05) is 98.5 Å². The van der Waals surface area contributed by atoms with E-state index in [4.69, 9.17) is 60.5 Å². The number of nitrogens with one attached hydrogen (secondary N) is 1. The Bertz CT molecular complexity index is 3780. The number of carboxylic acids is 1. The Hall–Kier alpha value is -5.68. The third kappa shape index (κ3) is 23.4. The fourth-order valence-electron chi connectivity index (χ4n) is 10.9. The Morgan fingerprint density at radius 2 is 1.49 bits per heavy atom. The number of β-amino-alcohol motifs (C(OH)–C–C–N with tert-alkyl or cyclic N) is 1. The van der Waals surface area contributed by atoms with E-state index in [1.165, 1.54) is 39.5 Å². The van der Waals surface area contributed by atoms with E-state index in [1.54, 1.807) is 17.0 Å². The first kappa shape index (κ1) is 74.4. The zero-order valence-corrected chi connectivity index (χ0v) is 57.8. The van der Waals surface area contributed by atoms with Crippen LogP contribution in [0.25, 0.3) is 28.6 Å². The van der Waals surface area contributed by atoms with Gasteiger partial charge in [-0.2, -0.15) is 20.2 Å². The zero-order valence-electron chi connectivity index (χ0n) is 52.7. The number of piperidine rings is 1. The van der Waals surface area contributed by atoms with Gasteiger partial charge in [0.25, 0.3) is 0 Å². The number of aryl methyl sites for hydroxylation is 3. The Kier molecular flexibility index (Phi) is 27.7. The molecule has 91 heavy (non-hydrogen) atoms. The summed E-state index contributed by atoms with van der Waals surface area (Å²) in [6.45, 7) is 13.5. The maximum absolute atomic E-state index is 12.0. The number of aromatic nitrogens is 2. The normalized spacial score (nSPS) is 15.0. The second kappa shape index (κ2) is 33.9. The third-order valence-corrected chi connectivity index (χ3v) is 17.8. The monoisotopic (exact) mass is 1330 g/mol. The SMILES string of the molecule is CC(C)(C)NCC(O)c1ccc(O)c(CO)c1.CC(C)(O)c1ccccc1CC[C@@H](SCC1(CC(=O)O)CC1)c1cccc(/C=C/c2ccc3ccc(Cl)cc3n2)c1.CCOC(=O)N1CCC(=C2c3ccc(Cl)cc3CCc3cccnc32)CC1.O=S(=O)(O)O.[Na]. The molecule has 2 aliphatic carbocycles. The van der Waals surface area contributed by atoms with Crippen molar-refractivity contribution >= 4 is 116 Å². The molecule has 21 heteroatoms. The van der Waals surface area contributed by atoms with Crippen molar-refractivity contribution in [2.45, 2.75) is 128 Å². The molecule has 5 aromatic carbocycles. The van der Waals surface area contributed by atoms with Crippen molar-refractivity contribution in [3.8, 4) is 5.75 Å². The smallest absolute Gasteiger partial charge is 0.409 e. The molecule has 7 aromatic rings. The summed E-state index contributed by atoms with van der Waals surface area (Å²) in [6.07, 6.45) is 12.6. The predicted molar refractivity (Wildman–Crippen MR) is 365 cm³/mol. The quantitative estimate of drug-likeness (QED) is 0.0311. The maximum atomic E-state index is 12.0. The number of pyridine rings is 2. The number of ether oxygens (including phenoxy) is 1. The number of aromatic hydroxyl groups is 1. The number of aliphatic carboxylic acids is 1. The molecule has 1 amide bonds. The average molecular weight is 1330 g/mol. The fourth-order valence-corrected chi connectivity index (χ4v) is 12.8. The van der Waals surface area contributed by atoms with Gasteiger partial charge in [0.15, 0.2) is 0 Å². The number of carbonyl (C=O) groups excluding carboxylic acids is 1. The topological polar surface area (TPSA) is 260 Å². The number of thioether (sulfide) groups is 1. The molecule has 1 saturated carbocycles. The number of hydrogen-bond donors (Lipinski definition) is 8. The van der Waals surface area contributed by atoms with Crippen molar-refractivity contribution in [3.05, 3.63) is 211 Å². The van der Waals surface area contributed by atoms with Crippen molar-refractivity contribution in [3.63, 3.8) is 0 Å². The summed E-state index contributed by atoms with van der Waals surface area (Å²) in [4.78, 5) is 34.8. The van der Waals surface area contributed by atoms with Gasteiger partial charge in [-0.15, -0.1) is 0 Å². The van der Waals surface area contributed by atoms with Crippen molar-refractivity contribution in [2.75, 3.05) is 32.0 Å². The van der Waals surface area contributed by atoms with E-state index in [0.29, 0.717) is 42.4 Å². The molecule has 8 N–H and O–H groups in total. The van der Waals surface area contributed by atoms with Crippen molar-refractivity contribution in [1.29, 1.82) is 0 Å². The summed E-state index contributed by atoms with van der Waals surface area (Å²) in [5, 5.41) is 54.5. The van der Waals surface area contributed by atoms with Gasteiger partial charge >= 0.3 is 22.5 Å². The Labute approximate surface area is 571 Å². The van der Waals surface area contributed by atoms with Crippen LogP contribution < -0.4 is 5.32 Å². The number of amides is 1. The maximum Gasteiger partial charge on any atom is 0.409 e. The van der Waals surface area contributed by atoms with E-state index in [-0.39, 0.29) is 70.6 Å². The number of fused-ring (bicyclic) bond motifs is 3. The van der Waals surface area contributed by atoms with Gasteiger partial charge in [0.1, 0.15) is 5.75 Å². The van der Waals surface area contributed by atoms with Crippen LogP contribution in [0.5, 0.6) is 5.75 Å². The first-order valence-corrected chi connectivity index (χ1v) is 33.2. The van der Waals surface area contributed by atoms with Crippen LogP contribution in [-0.2, 0) is 51.4 Å². The van der Waals surface area contributed by atoms with Crippen molar-refractivity contribution < 1.29 is 57.4 Å². The van der Waals surface area contributed by atoms with Gasteiger partial charge in [0.2, 0.25) is 0 Å². The molecule has 481 valence electrons. The number of carboxylic acid groups (broad SMARTS) is 1. The molecule has 2 atom stereocenters. The van der Waals surface area contributed by atoms with Gasteiger partial charge in [-0.1, -0.05) is 114 Å². The summed E-state index contributed by atoms with van der Waals surface area (Å²) >= 11 is 14.3. The number of halogens is 2. The van der Waals surface area contributed by atoms with E-state index >= 15 is 0 Å². The van der Waals surface area contributed by atoms with Crippen LogP contribution in [-0.4, -0.2) is 137 Å². The summed E-state index contributed by atoms with van der Waals surface area (Å²) in [7, 11) is -4.67. The molecular weight excluding hydrogens is 1250 g/mol. The van der Waals surface area contributed by atoms with Crippen molar-refractivity contribution in [1.82, 2.24) is 20.2 Å². The van der Waals surface area contributed by atoms with Gasteiger partial charge in [-0.05, 0) is 197 Å². The van der Waals surface area contributed by atoms with Crippen molar-refractivity contribution in [2.24, 2.45) is 5.41 Å². The van der Waals surface area contributed by atoms with Gasteiger partial charge in [0.05, 0.1) is 48.2 Å². The number of phenols is 1. The van der Waals surface area contributed by atoms with Crippen LogP contribution in [0, 0.1) is 5.41 Å². The molecule has 1 unspecified atom stereocenters. The first-order chi connectivity index (χ1) is 42.6. The number of hydrogen-bond acceptors (Lipinski definition) is 13. The minimum atomic E-state index is -4.67. The fraction of sp³-hybridized carbons (Fsp3) is 0.371. The molecule has 3 aliphatic rings. The third-order valence-electron chi connectivity index (χ3n) is 15.7. The van der Waals surface area contributed by atoms with E-state index in [9.17, 15) is 30.0 Å². The summed E-state index contributed by atoms with van der Waals surface area (Å²) in [5.41, 5.74) is 13.7. The number of benzene rings is 5. The number of aliphatic hydroxyl groups excluding tert-OH is 2. The molecule has 2 fully saturated rings. The standard InChI is InChI=1S/C35H36ClNO3S.C22H23ClN2O2.C13H21NO3.Na.H2O4S/c1-34(2,40)30-9-4-3-7-25(30)13-17-32(41-23-35(18-19-35)22-33(38)39)27-8-5-6-24(20-27)10-15-29-16-12-26-11-14-28(36)21-31(26)37-29;1-2-27-22(26)25-12-9-15(10-13-25)20-19-8-7-18(23)14-17(19)6-5-16-4-3-11-24-21(16)20;1-13(2,3)14-7-12(17)9-4-5-11(16)10(6-9)8-15;;1-5(2,3)4/h3-12,14-16,20-21,32,40H,13,17-19,22-23H2,1-2H3,(H,38,39);3-4,7-8,11,14H,2,5-6,9-10,12-13H2,1H3;4-6,12,14-17H,7-8H2,1-3H3;;(H2,1,2,3,4)/b15-10+;;;;/t32-;;;;/m1..../s1. The van der Waals surface area contributed by atoms with Crippen LogP contribution >= 0.6 is 35.0 Å². The largest absolute Gasteiger partial charge is 0.508 e. The zero-order chi connectivity index (χ0) is 65.4.